The van der Waals surface area contributed by atoms with E-state index >= 15 is 0 Å². The highest BCUT2D eigenvalue weighted by Crippen LogP contribution is 2.26. The fourth-order valence-electron chi connectivity index (χ4n) is 1.61. The van der Waals surface area contributed by atoms with Gasteiger partial charge in [0.1, 0.15) is 5.82 Å². The number of halogens is 1. The first-order chi connectivity index (χ1) is 6.95. The first-order valence-corrected chi connectivity index (χ1v) is 5.44. The summed E-state index contributed by atoms with van der Waals surface area (Å²) < 4.78 is 13.6. The van der Waals surface area contributed by atoms with E-state index in [9.17, 15) is 4.39 Å². The van der Waals surface area contributed by atoms with Crippen LogP contribution in [0.3, 0.4) is 0 Å². The number of aryl methyl sites for hydroxylation is 1. The largest absolute Gasteiger partial charge is 0.330 e. The second-order valence-corrected chi connectivity index (χ2v) is 4.96. The van der Waals surface area contributed by atoms with Crippen LogP contribution in [0.1, 0.15) is 38.3 Å². The Balaban J connectivity index is 2.95. The summed E-state index contributed by atoms with van der Waals surface area (Å²) in [6.45, 7) is 6.76. The average molecular weight is 209 g/mol. The molecule has 2 heteroatoms. The standard InChI is InChI=1S/C13H20FN/c1-13(2,3)11-9-10(5-4-8-15)6-7-12(11)14/h6-7,9H,4-5,8,15H2,1-3H3. The van der Waals surface area contributed by atoms with Crippen LogP contribution in [0.4, 0.5) is 4.39 Å². The lowest BCUT2D eigenvalue weighted by Gasteiger charge is -2.20. The fraction of sp³-hybridized carbons (Fsp3) is 0.538. The quantitative estimate of drug-likeness (QED) is 0.813. The van der Waals surface area contributed by atoms with Gasteiger partial charge in [0.25, 0.3) is 0 Å². The molecule has 0 atom stereocenters. The maximum atomic E-state index is 13.6. The molecule has 1 rings (SSSR count). The van der Waals surface area contributed by atoms with Gasteiger partial charge in [0, 0.05) is 0 Å². The predicted octanol–water partition coefficient (Wildman–Crippen LogP) is 3.01. The summed E-state index contributed by atoms with van der Waals surface area (Å²) in [5.74, 6) is -0.112. The molecule has 2 N–H and O–H groups in total. The van der Waals surface area contributed by atoms with Crippen molar-refractivity contribution in [3.8, 4) is 0 Å². The highest BCUT2D eigenvalue weighted by Gasteiger charge is 2.18. The average Bonchev–Trinajstić information content (AvgIpc) is 2.15. The smallest absolute Gasteiger partial charge is 0.126 e. The van der Waals surface area contributed by atoms with E-state index in [2.05, 4.69) is 0 Å². The molecule has 15 heavy (non-hydrogen) atoms. The van der Waals surface area contributed by atoms with Crippen molar-refractivity contribution in [2.45, 2.75) is 39.0 Å². The van der Waals surface area contributed by atoms with Crippen LogP contribution in [0, 0.1) is 5.82 Å². The molecule has 0 bridgehead atoms. The van der Waals surface area contributed by atoms with E-state index in [1.54, 1.807) is 6.07 Å². The minimum atomic E-state index is -0.136. The van der Waals surface area contributed by atoms with Crippen LogP contribution in [0.15, 0.2) is 18.2 Å². The molecule has 0 aliphatic heterocycles. The maximum absolute atomic E-state index is 13.6. The molecule has 0 fully saturated rings. The van der Waals surface area contributed by atoms with Crippen molar-refractivity contribution in [2.24, 2.45) is 5.73 Å². The van der Waals surface area contributed by atoms with Crippen molar-refractivity contribution in [1.29, 1.82) is 0 Å². The van der Waals surface area contributed by atoms with Crippen LogP contribution in [0.5, 0.6) is 0 Å². The molecule has 0 unspecified atom stereocenters. The summed E-state index contributed by atoms with van der Waals surface area (Å²) in [6, 6.07) is 5.37. The number of nitrogens with two attached hydrogens (primary N) is 1. The van der Waals surface area contributed by atoms with Crippen molar-refractivity contribution in [2.75, 3.05) is 6.54 Å². The lowest BCUT2D eigenvalue weighted by Crippen LogP contribution is -2.14. The summed E-state index contributed by atoms with van der Waals surface area (Å²) >= 11 is 0. The zero-order valence-electron chi connectivity index (χ0n) is 9.81. The fourth-order valence-corrected chi connectivity index (χ4v) is 1.61. The van der Waals surface area contributed by atoms with Crippen LogP contribution < -0.4 is 5.73 Å². The molecule has 84 valence electrons. The minimum Gasteiger partial charge on any atom is -0.330 e. The lowest BCUT2D eigenvalue weighted by molar-refractivity contribution is 0.521. The van der Waals surface area contributed by atoms with E-state index in [0.717, 1.165) is 18.4 Å². The molecular formula is C13H20FN. The predicted molar refractivity (Wildman–Crippen MR) is 62.5 cm³/mol. The number of hydrogen-bond acceptors (Lipinski definition) is 1. The third kappa shape index (κ3) is 3.31. The van der Waals surface area contributed by atoms with Crippen LogP contribution in [-0.4, -0.2) is 6.54 Å². The zero-order valence-corrected chi connectivity index (χ0v) is 9.81. The summed E-state index contributed by atoms with van der Waals surface area (Å²) in [5, 5.41) is 0. The number of hydrogen-bond donors (Lipinski definition) is 1. The van der Waals surface area contributed by atoms with E-state index in [1.807, 2.05) is 32.9 Å². The van der Waals surface area contributed by atoms with Gasteiger partial charge in [-0.15, -0.1) is 0 Å². The molecule has 1 aromatic carbocycles. The second kappa shape index (κ2) is 4.75. The van der Waals surface area contributed by atoms with Crippen molar-refractivity contribution >= 4 is 0 Å². The van der Waals surface area contributed by atoms with Crippen molar-refractivity contribution in [3.63, 3.8) is 0 Å². The molecule has 0 amide bonds. The molecular weight excluding hydrogens is 189 g/mol. The molecule has 0 heterocycles. The van der Waals surface area contributed by atoms with Crippen LogP contribution >= 0.6 is 0 Å². The number of benzene rings is 1. The van der Waals surface area contributed by atoms with Gasteiger partial charge in [-0.25, -0.2) is 4.39 Å². The van der Waals surface area contributed by atoms with E-state index in [-0.39, 0.29) is 11.2 Å². The second-order valence-electron chi connectivity index (χ2n) is 4.96. The Morgan fingerprint density at radius 1 is 1.27 bits per heavy atom. The van der Waals surface area contributed by atoms with Gasteiger partial charge in [0.2, 0.25) is 0 Å². The van der Waals surface area contributed by atoms with E-state index in [4.69, 9.17) is 5.73 Å². The van der Waals surface area contributed by atoms with Gasteiger partial charge in [-0.2, -0.15) is 0 Å². The molecule has 0 aliphatic carbocycles. The number of rotatable bonds is 3. The van der Waals surface area contributed by atoms with Gasteiger partial charge < -0.3 is 5.73 Å². The molecule has 0 saturated carbocycles. The zero-order chi connectivity index (χ0) is 11.5. The molecule has 0 aliphatic rings. The van der Waals surface area contributed by atoms with Crippen LogP contribution in [0.25, 0.3) is 0 Å². The Morgan fingerprint density at radius 2 is 1.93 bits per heavy atom. The molecule has 1 aromatic rings. The first kappa shape index (κ1) is 12.2. The molecule has 0 radical (unpaired) electrons. The van der Waals surface area contributed by atoms with Gasteiger partial charge in [-0.05, 0) is 42.0 Å². The van der Waals surface area contributed by atoms with E-state index in [1.165, 1.54) is 5.56 Å². The van der Waals surface area contributed by atoms with Crippen LogP contribution in [-0.2, 0) is 11.8 Å². The van der Waals surface area contributed by atoms with Gasteiger partial charge in [-0.3, -0.25) is 0 Å². The minimum absolute atomic E-state index is 0.112. The van der Waals surface area contributed by atoms with Gasteiger partial charge in [0.15, 0.2) is 0 Å². The summed E-state index contributed by atoms with van der Waals surface area (Å²) in [4.78, 5) is 0. The maximum Gasteiger partial charge on any atom is 0.126 e. The highest BCUT2D eigenvalue weighted by molar-refractivity contribution is 5.30. The third-order valence-electron chi connectivity index (χ3n) is 2.51. The summed E-state index contributed by atoms with van der Waals surface area (Å²) in [7, 11) is 0. The topological polar surface area (TPSA) is 26.0 Å². The highest BCUT2D eigenvalue weighted by atomic mass is 19.1. The molecule has 1 nitrogen and oxygen atoms in total. The van der Waals surface area contributed by atoms with Crippen molar-refractivity contribution in [1.82, 2.24) is 0 Å². The van der Waals surface area contributed by atoms with Gasteiger partial charge in [-0.1, -0.05) is 32.9 Å². The SMILES string of the molecule is CC(C)(C)c1cc(CCCN)ccc1F. The molecule has 0 aromatic heterocycles. The van der Waals surface area contributed by atoms with Gasteiger partial charge >= 0.3 is 0 Å². The summed E-state index contributed by atoms with van der Waals surface area (Å²) in [5.41, 5.74) is 7.28. The van der Waals surface area contributed by atoms with Crippen molar-refractivity contribution < 1.29 is 4.39 Å². The Labute approximate surface area is 91.5 Å². The van der Waals surface area contributed by atoms with E-state index in [0.29, 0.717) is 6.54 Å². The normalized spacial score (nSPS) is 11.8. The van der Waals surface area contributed by atoms with Crippen molar-refractivity contribution in [3.05, 3.63) is 35.1 Å². The third-order valence-corrected chi connectivity index (χ3v) is 2.51. The lowest BCUT2D eigenvalue weighted by atomic mass is 9.85. The Hall–Kier alpha value is -0.890. The van der Waals surface area contributed by atoms with E-state index < -0.39 is 0 Å². The van der Waals surface area contributed by atoms with Crippen LogP contribution in [0.2, 0.25) is 0 Å². The Bertz CT molecular complexity index is 326. The monoisotopic (exact) mass is 209 g/mol. The molecule has 0 saturated heterocycles. The Morgan fingerprint density at radius 3 is 2.47 bits per heavy atom. The summed E-state index contributed by atoms with van der Waals surface area (Å²) in [6.07, 6.45) is 1.88. The van der Waals surface area contributed by atoms with Gasteiger partial charge in [0.05, 0.1) is 0 Å². The first-order valence-electron chi connectivity index (χ1n) is 5.44. The molecule has 0 spiro atoms. The Kier molecular flexibility index (Phi) is 3.86.